The van der Waals surface area contributed by atoms with Gasteiger partial charge in [-0.25, -0.2) is 0 Å². The van der Waals surface area contributed by atoms with Crippen molar-refractivity contribution in [3.05, 3.63) is 0 Å². The van der Waals surface area contributed by atoms with E-state index in [0.717, 1.165) is 12.8 Å². The lowest BCUT2D eigenvalue weighted by Gasteiger charge is -2.22. The predicted octanol–water partition coefficient (Wildman–Crippen LogP) is 1.15. The molecule has 70 valence electrons. The summed E-state index contributed by atoms with van der Waals surface area (Å²) in [6, 6.07) is 0.447. The number of hydrogen-bond donors (Lipinski definition) is 2. The second-order valence-electron chi connectivity index (χ2n) is 3.21. The zero-order valence-corrected chi connectivity index (χ0v) is 8.17. The molecule has 0 spiro atoms. The van der Waals surface area contributed by atoms with Crippen LogP contribution in [-0.2, 0) is 0 Å². The van der Waals surface area contributed by atoms with Crippen LogP contribution in [-0.4, -0.2) is 23.3 Å². The van der Waals surface area contributed by atoms with Crippen molar-refractivity contribution in [1.29, 1.82) is 0 Å². The van der Waals surface area contributed by atoms with Crippen LogP contribution in [0.3, 0.4) is 0 Å². The second kappa shape index (κ2) is 6.05. The van der Waals surface area contributed by atoms with Gasteiger partial charge in [0, 0.05) is 18.5 Å². The molecule has 0 saturated carbocycles. The van der Waals surface area contributed by atoms with E-state index in [-0.39, 0.29) is 12.1 Å². The van der Waals surface area contributed by atoms with Crippen molar-refractivity contribution < 1.29 is 5.11 Å². The maximum Gasteiger partial charge on any atom is 0.0662 e. The van der Waals surface area contributed by atoms with Gasteiger partial charge in [0.15, 0.2) is 0 Å². The van der Waals surface area contributed by atoms with Gasteiger partial charge in [-0.1, -0.05) is 6.92 Å². The predicted molar refractivity (Wildman–Crippen MR) is 51.8 cm³/mol. The van der Waals surface area contributed by atoms with Crippen molar-refractivity contribution in [2.45, 2.75) is 51.8 Å². The Kier molecular flexibility index (Phi) is 5.79. The average Bonchev–Trinajstić information content (AvgIpc) is 2.03. The van der Waals surface area contributed by atoms with Crippen LogP contribution in [0, 0.1) is 12.3 Å². The van der Waals surface area contributed by atoms with Crippen LogP contribution in [0.25, 0.3) is 0 Å². The number of terminal acetylenes is 1. The van der Waals surface area contributed by atoms with E-state index in [2.05, 4.69) is 18.2 Å². The van der Waals surface area contributed by atoms with Crippen LogP contribution in [0.15, 0.2) is 0 Å². The van der Waals surface area contributed by atoms with Crippen LogP contribution >= 0.6 is 0 Å². The molecule has 0 radical (unpaired) electrons. The molecule has 12 heavy (non-hydrogen) atoms. The molecule has 0 aliphatic carbocycles. The third kappa shape index (κ3) is 4.38. The Morgan fingerprint density at radius 2 is 2.08 bits per heavy atom. The van der Waals surface area contributed by atoms with Crippen molar-refractivity contribution in [2.24, 2.45) is 0 Å². The van der Waals surface area contributed by atoms with Crippen molar-refractivity contribution >= 4 is 0 Å². The monoisotopic (exact) mass is 169 g/mol. The zero-order valence-electron chi connectivity index (χ0n) is 8.17. The van der Waals surface area contributed by atoms with Gasteiger partial charge >= 0.3 is 0 Å². The Hall–Kier alpha value is -0.520. The molecule has 2 nitrogen and oxygen atoms in total. The minimum atomic E-state index is -0.322. The van der Waals surface area contributed by atoms with Crippen LogP contribution in [0.5, 0.6) is 0 Å². The molecule has 0 rings (SSSR count). The summed E-state index contributed by atoms with van der Waals surface area (Å²) in [6.07, 6.45) is 6.61. The van der Waals surface area contributed by atoms with Crippen LogP contribution in [0.4, 0.5) is 0 Å². The molecule has 0 aromatic heterocycles. The van der Waals surface area contributed by atoms with Crippen molar-refractivity contribution in [2.75, 3.05) is 0 Å². The third-order valence-electron chi connectivity index (χ3n) is 2.08. The fraction of sp³-hybridized carbons (Fsp3) is 0.800. The fourth-order valence-electron chi connectivity index (χ4n) is 0.974. The van der Waals surface area contributed by atoms with Crippen LogP contribution in [0.1, 0.15) is 33.6 Å². The normalized spacial score (nSPS) is 17.9. The molecule has 0 heterocycles. The summed E-state index contributed by atoms with van der Waals surface area (Å²) in [5, 5.41) is 12.5. The second-order valence-corrected chi connectivity index (χ2v) is 3.21. The van der Waals surface area contributed by atoms with Gasteiger partial charge in [-0.3, -0.25) is 0 Å². The van der Waals surface area contributed by atoms with Crippen molar-refractivity contribution in [3.8, 4) is 12.3 Å². The van der Waals surface area contributed by atoms with Crippen LogP contribution in [0.2, 0.25) is 0 Å². The Morgan fingerprint density at radius 1 is 1.50 bits per heavy atom. The van der Waals surface area contributed by atoms with Gasteiger partial charge in [0.2, 0.25) is 0 Å². The van der Waals surface area contributed by atoms with Gasteiger partial charge in [0.25, 0.3) is 0 Å². The van der Waals surface area contributed by atoms with Gasteiger partial charge in [0.1, 0.15) is 0 Å². The maximum atomic E-state index is 9.22. The molecule has 0 amide bonds. The van der Waals surface area contributed by atoms with E-state index in [4.69, 9.17) is 6.42 Å². The van der Waals surface area contributed by atoms with E-state index in [1.54, 1.807) is 6.92 Å². The SMILES string of the molecule is C#CCC(CC)NC(C)C(C)O. The molecule has 0 aliphatic heterocycles. The standard InChI is InChI=1S/C10H19NO/c1-5-7-10(6-2)11-8(3)9(4)12/h1,8-12H,6-7H2,2-4H3. The first-order chi connectivity index (χ1) is 5.61. The van der Waals surface area contributed by atoms with Crippen LogP contribution < -0.4 is 5.32 Å². The minimum Gasteiger partial charge on any atom is -0.392 e. The molecule has 0 bridgehead atoms. The van der Waals surface area contributed by atoms with Gasteiger partial charge < -0.3 is 10.4 Å². The number of aliphatic hydroxyl groups is 1. The first kappa shape index (κ1) is 11.5. The molecular formula is C10H19NO. The van der Waals surface area contributed by atoms with E-state index in [1.165, 1.54) is 0 Å². The quantitative estimate of drug-likeness (QED) is 0.605. The lowest BCUT2D eigenvalue weighted by atomic mass is 10.1. The van der Waals surface area contributed by atoms with Gasteiger partial charge in [-0.2, -0.15) is 0 Å². The van der Waals surface area contributed by atoms with E-state index in [1.807, 2.05) is 6.92 Å². The first-order valence-electron chi connectivity index (χ1n) is 4.49. The summed E-state index contributed by atoms with van der Waals surface area (Å²) in [5.41, 5.74) is 0. The zero-order chi connectivity index (χ0) is 9.56. The number of aliphatic hydroxyl groups excluding tert-OH is 1. The highest BCUT2D eigenvalue weighted by Gasteiger charge is 2.12. The molecule has 0 aromatic rings. The summed E-state index contributed by atoms with van der Waals surface area (Å²) in [7, 11) is 0. The molecular weight excluding hydrogens is 150 g/mol. The highest BCUT2D eigenvalue weighted by atomic mass is 16.3. The third-order valence-corrected chi connectivity index (χ3v) is 2.08. The molecule has 0 aromatic carbocycles. The molecule has 0 aliphatic rings. The fourth-order valence-corrected chi connectivity index (χ4v) is 0.974. The van der Waals surface area contributed by atoms with Gasteiger partial charge in [-0.05, 0) is 20.3 Å². The Morgan fingerprint density at radius 3 is 2.42 bits per heavy atom. The largest absolute Gasteiger partial charge is 0.392 e. The lowest BCUT2D eigenvalue weighted by Crippen LogP contribution is -2.42. The van der Waals surface area contributed by atoms with Crippen molar-refractivity contribution in [1.82, 2.24) is 5.32 Å². The molecule has 0 fully saturated rings. The Labute approximate surface area is 75.4 Å². The van der Waals surface area contributed by atoms with Gasteiger partial charge in [-0.15, -0.1) is 12.3 Å². The van der Waals surface area contributed by atoms with Crippen molar-refractivity contribution in [3.63, 3.8) is 0 Å². The average molecular weight is 169 g/mol. The Bertz CT molecular complexity index is 148. The van der Waals surface area contributed by atoms with E-state index < -0.39 is 0 Å². The minimum absolute atomic E-state index is 0.114. The van der Waals surface area contributed by atoms with E-state index >= 15 is 0 Å². The van der Waals surface area contributed by atoms with Gasteiger partial charge in [0.05, 0.1) is 6.10 Å². The summed E-state index contributed by atoms with van der Waals surface area (Å²) < 4.78 is 0. The lowest BCUT2D eigenvalue weighted by molar-refractivity contribution is 0.145. The summed E-state index contributed by atoms with van der Waals surface area (Å²) >= 11 is 0. The first-order valence-corrected chi connectivity index (χ1v) is 4.49. The van der Waals surface area contributed by atoms with E-state index in [0.29, 0.717) is 6.04 Å². The Balaban J connectivity index is 3.78. The summed E-state index contributed by atoms with van der Waals surface area (Å²) in [6.45, 7) is 5.83. The number of rotatable bonds is 5. The molecule has 3 atom stereocenters. The number of hydrogen-bond acceptors (Lipinski definition) is 2. The molecule has 0 saturated heterocycles. The smallest absolute Gasteiger partial charge is 0.0662 e. The highest BCUT2D eigenvalue weighted by Crippen LogP contribution is 2.00. The number of nitrogens with one attached hydrogen (secondary N) is 1. The summed E-state index contributed by atoms with van der Waals surface area (Å²) in [4.78, 5) is 0. The highest BCUT2D eigenvalue weighted by molar-refractivity contribution is 4.90. The van der Waals surface area contributed by atoms with E-state index in [9.17, 15) is 5.11 Å². The summed E-state index contributed by atoms with van der Waals surface area (Å²) in [5.74, 6) is 2.62. The molecule has 2 heteroatoms. The topological polar surface area (TPSA) is 32.3 Å². The molecule has 3 unspecified atom stereocenters. The molecule has 2 N–H and O–H groups in total. The maximum absolute atomic E-state index is 9.22.